The summed E-state index contributed by atoms with van der Waals surface area (Å²) in [5.74, 6) is -0.116. The molecule has 0 radical (unpaired) electrons. The van der Waals surface area contributed by atoms with Crippen LogP contribution in [0.5, 0.6) is 0 Å². The molecule has 2 aromatic carbocycles. The first kappa shape index (κ1) is 13.3. The van der Waals surface area contributed by atoms with Crippen molar-refractivity contribution in [1.82, 2.24) is 0 Å². The fraction of sp³-hybridized carbons (Fsp3) is 0.125. The van der Waals surface area contributed by atoms with Gasteiger partial charge in [-0.15, -0.1) is 0 Å². The molecular weight excluding hydrogens is 323 g/mol. The van der Waals surface area contributed by atoms with Gasteiger partial charge in [0.15, 0.2) is 11.4 Å². The van der Waals surface area contributed by atoms with Crippen LogP contribution in [0.3, 0.4) is 0 Å². The standard InChI is InChI=1S/C16H12BrFO2/c1-16(19,11-5-3-6-12(17)9-11)14-8-10-4-2-7-13(18)15(10)20-14/h2-9,19H,1H3. The number of benzene rings is 2. The largest absolute Gasteiger partial charge is 0.455 e. The molecule has 1 N–H and O–H groups in total. The maximum absolute atomic E-state index is 13.7. The van der Waals surface area contributed by atoms with Gasteiger partial charge in [-0.2, -0.15) is 0 Å². The van der Waals surface area contributed by atoms with E-state index in [2.05, 4.69) is 15.9 Å². The summed E-state index contributed by atoms with van der Waals surface area (Å²) < 4.78 is 20.0. The highest BCUT2D eigenvalue weighted by Crippen LogP contribution is 2.34. The normalized spacial score (nSPS) is 14.4. The van der Waals surface area contributed by atoms with E-state index in [1.165, 1.54) is 6.07 Å². The van der Waals surface area contributed by atoms with E-state index in [9.17, 15) is 9.50 Å². The Balaban J connectivity index is 2.16. The molecule has 102 valence electrons. The molecule has 3 aromatic rings. The minimum absolute atomic E-state index is 0.165. The smallest absolute Gasteiger partial charge is 0.170 e. The molecule has 0 amide bonds. The van der Waals surface area contributed by atoms with E-state index in [4.69, 9.17) is 4.42 Å². The van der Waals surface area contributed by atoms with E-state index < -0.39 is 11.4 Å². The summed E-state index contributed by atoms with van der Waals surface area (Å²) in [6, 6.07) is 13.7. The van der Waals surface area contributed by atoms with Crippen LogP contribution in [0.4, 0.5) is 4.39 Å². The highest BCUT2D eigenvalue weighted by molar-refractivity contribution is 9.10. The van der Waals surface area contributed by atoms with Crippen LogP contribution in [0.25, 0.3) is 11.0 Å². The number of rotatable bonds is 2. The van der Waals surface area contributed by atoms with E-state index in [-0.39, 0.29) is 5.58 Å². The summed E-state index contributed by atoms with van der Waals surface area (Å²) in [6.45, 7) is 1.63. The van der Waals surface area contributed by atoms with Crippen LogP contribution in [-0.2, 0) is 5.60 Å². The van der Waals surface area contributed by atoms with Crippen molar-refractivity contribution in [2.75, 3.05) is 0 Å². The molecule has 0 aliphatic carbocycles. The maximum atomic E-state index is 13.7. The van der Waals surface area contributed by atoms with Crippen molar-refractivity contribution in [3.05, 3.63) is 70.1 Å². The van der Waals surface area contributed by atoms with Crippen molar-refractivity contribution < 1.29 is 13.9 Å². The van der Waals surface area contributed by atoms with E-state index in [1.54, 1.807) is 31.2 Å². The number of hydrogen-bond donors (Lipinski definition) is 1. The zero-order valence-electron chi connectivity index (χ0n) is 10.7. The molecule has 0 fully saturated rings. The van der Waals surface area contributed by atoms with Crippen molar-refractivity contribution in [3.63, 3.8) is 0 Å². The van der Waals surface area contributed by atoms with Gasteiger partial charge in [-0.1, -0.05) is 40.2 Å². The summed E-state index contributed by atoms with van der Waals surface area (Å²) in [5.41, 5.74) is -0.487. The fourth-order valence-electron chi connectivity index (χ4n) is 2.20. The Kier molecular flexibility index (Phi) is 3.15. The molecule has 0 aliphatic rings. The summed E-state index contributed by atoms with van der Waals surface area (Å²) in [7, 11) is 0. The maximum Gasteiger partial charge on any atom is 0.170 e. The van der Waals surface area contributed by atoms with E-state index in [0.29, 0.717) is 16.7 Å². The van der Waals surface area contributed by atoms with Crippen molar-refractivity contribution in [2.24, 2.45) is 0 Å². The summed E-state index contributed by atoms with van der Waals surface area (Å²) in [5, 5.41) is 11.4. The SMILES string of the molecule is CC(O)(c1cccc(Br)c1)c1cc2cccc(F)c2o1. The number of halogens is 2. The Morgan fingerprint density at radius 1 is 1.15 bits per heavy atom. The van der Waals surface area contributed by atoms with Crippen LogP contribution in [0.1, 0.15) is 18.2 Å². The van der Waals surface area contributed by atoms with Gasteiger partial charge in [0.1, 0.15) is 11.4 Å². The number of hydrogen-bond acceptors (Lipinski definition) is 2. The van der Waals surface area contributed by atoms with Gasteiger partial charge in [0.25, 0.3) is 0 Å². The Morgan fingerprint density at radius 3 is 2.60 bits per heavy atom. The summed E-state index contributed by atoms with van der Waals surface area (Å²) in [6.07, 6.45) is 0. The minimum Gasteiger partial charge on any atom is -0.455 e. The second-order valence-electron chi connectivity index (χ2n) is 4.85. The monoisotopic (exact) mass is 334 g/mol. The van der Waals surface area contributed by atoms with Crippen molar-refractivity contribution in [3.8, 4) is 0 Å². The van der Waals surface area contributed by atoms with Crippen molar-refractivity contribution in [1.29, 1.82) is 0 Å². The minimum atomic E-state index is -1.32. The van der Waals surface area contributed by atoms with Gasteiger partial charge in [0.2, 0.25) is 0 Å². The lowest BCUT2D eigenvalue weighted by atomic mass is 9.93. The van der Waals surface area contributed by atoms with E-state index >= 15 is 0 Å². The lowest BCUT2D eigenvalue weighted by Gasteiger charge is -2.21. The number of furan rings is 1. The third kappa shape index (κ3) is 2.15. The molecule has 1 unspecified atom stereocenters. The van der Waals surface area contributed by atoms with Gasteiger partial charge >= 0.3 is 0 Å². The molecular formula is C16H12BrFO2. The number of para-hydroxylation sites is 1. The van der Waals surface area contributed by atoms with E-state index in [0.717, 1.165) is 4.47 Å². The molecule has 20 heavy (non-hydrogen) atoms. The lowest BCUT2D eigenvalue weighted by molar-refractivity contribution is 0.0784. The molecule has 0 spiro atoms. The van der Waals surface area contributed by atoms with Gasteiger partial charge in [-0.3, -0.25) is 0 Å². The first-order valence-electron chi connectivity index (χ1n) is 6.15. The summed E-state index contributed by atoms with van der Waals surface area (Å²) in [4.78, 5) is 0. The van der Waals surface area contributed by atoms with Gasteiger partial charge in [-0.05, 0) is 36.8 Å². The highest BCUT2D eigenvalue weighted by Gasteiger charge is 2.30. The Morgan fingerprint density at radius 2 is 1.90 bits per heavy atom. The molecule has 0 saturated heterocycles. The third-order valence-corrected chi connectivity index (χ3v) is 3.86. The van der Waals surface area contributed by atoms with Gasteiger partial charge in [-0.25, -0.2) is 4.39 Å². The van der Waals surface area contributed by atoms with Crippen LogP contribution in [-0.4, -0.2) is 5.11 Å². The molecule has 2 nitrogen and oxygen atoms in total. The first-order valence-corrected chi connectivity index (χ1v) is 6.95. The summed E-state index contributed by atoms with van der Waals surface area (Å²) >= 11 is 3.37. The lowest BCUT2D eigenvalue weighted by Crippen LogP contribution is -2.21. The zero-order valence-corrected chi connectivity index (χ0v) is 12.3. The van der Waals surface area contributed by atoms with Crippen molar-refractivity contribution >= 4 is 26.9 Å². The average molecular weight is 335 g/mol. The number of aliphatic hydroxyl groups is 1. The molecule has 4 heteroatoms. The van der Waals surface area contributed by atoms with Crippen LogP contribution in [0.15, 0.2) is 57.4 Å². The zero-order chi connectivity index (χ0) is 14.3. The molecule has 0 bridgehead atoms. The topological polar surface area (TPSA) is 33.4 Å². The van der Waals surface area contributed by atoms with Gasteiger partial charge in [0.05, 0.1) is 0 Å². The second kappa shape index (κ2) is 4.72. The second-order valence-corrected chi connectivity index (χ2v) is 5.77. The third-order valence-electron chi connectivity index (χ3n) is 3.36. The van der Waals surface area contributed by atoms with E-state index in [1.807, 2.05) is 18.2 Å². The van der Waals surface area contributed by atoms with Crippen LogP contribution < -0.4 is 0 Å². The number of fused-ring (bicyclic) bond motifs is 1. The van der Waals surface area contributed by atoms with Crippen LogP contribution >= 0.6 is 15.9 Å². The molecule has 1 aromatic heterocycles. The Hall–Kier alpha value is -1.65. The van der Waals surface area contributed by atoms with Crippen LogP contribution in [0, 0.1) is 5.82 Å². The Bertz CT molecular complexity index is 777. The molecule has 1 atom stereocenters. The first-order chi connectivity index (χ1) is 9.48. The quantitative estimate of drug-likeness (QED) is 0.743. The highest BCUT2D eigenvalue weighted by atomic mass is 79.9. The van der Waals surface area contributed by atoms with Crippen LogP contribution in [0.2, 0.25) is 0 Å². The molecule has 0 aliphatic heterocycles. The van der Waals surface area contributed by atoms with Gasteiger partial charge in [0, 0.05) is 9.86 Å². The fourth-order valence-corrected chi connectivity index (χ4v) is 2.60. The Labute approximate surface area is 124 Å². The molecule has 3 rings (SSSR count). The van der Waals surface area contributed by atoms with Crippen molar-refractivity contribution in [2.45, 2.75) is 12.5 Å². The molecule has 0 saturated carbocycles. The van der Waals surface area contributed by atoms with Gasteiger partial charge < -0.3 is 9.52 Å². The average Bonchev–Trinajstić information content (AvgIpc) is 2.85. The predicted molar refractivity (Wildman–Crippen MR) is 79.0 cm³/mol. The predicted octanol–water partition coefficient (Wildman–Crippen LogP) is 4.59. The molecule has 1 heterocycles.